The maximum Gasteiger partial charge on any atom is 0.416 e. The van der Waals surface area contributed by atoms with E-state index < -0.39 is 11.7 Å². The second-order valence-electron chi connectivity index (χ2n) is 4.67. The lowest BCUT2D eigenvalue weighted by Gasteiger charge is -2.29. The SMILES string of the molecule is CC(C)N(CCC#N)c1ccc(CBr)c(C(F)(F)F)c1. The molecule has 0 amide bonds. The van der Waals surface area contributed by atoms with Crippen molar-refractivity contribution in [2.24, 2.45) is 0 Å². The van der Waals surface area contributed by atoms with Crippen LogP contribution < -0.4 is 4.90 Å². The van der Waals surface area contributed by atoms with Crippen LogP contribution in [0.3, 0.4) is 0 Å². The summed E-state index contributed by atoms with van der Waals surface area (Å²) in [6.45, 7) is 4.20. The Morgan fingerprint density at radius 1 is 1.35 bits per heavy atom. The predicted octanol–water partition coefficient (Wildman–Crippen LogP) is 4.73. The van der Waals surface area contributed by atoms with Crippen LogP contribution in [-0.2, 0) is 11.5 Å². The van der Waals surface area contributed by atoms with Crippen LogP contribution in [0.1, 0.15) is 31.4 Å². The molecule has 0 radical (unpaired) electrons. The van der Waals surface area contributed by atoms with E-state index in [4.69, 9.17) is 5.26 Å². The molecule has 0 fully saturated rings. The second-order valence-corrected chi connectivity index (χ2v) is 5.23. The zero-order valence-corrected chi connectivity index (χ0v) is 12.9. The molecule has 0 aromatic heterocycles. The minimum absolute atomic E-state index is 0.0271. The number of nitrogens with zero attached hydrogens (tertiary/aromatic N) is 2. The molecule has 1 aromatic rings. The lowest BCUT2D eigenvalue weighted by atomic mass is 10.1. The highest BCUT2D eigenvalue weighted by atomic mass is 79.9. The van der Waals surface area contributed by atoms with Gasteiger partial charge in [-0.2, -0.15) is 18.4 Å². The Hall–Kier alpha value is -1.22. The summed E-state index contributed by atoms with van der Waals surface area (Å²) in [5.41, 5.74) is 0.0759. The van der Waals surface area contributed by atoms with Crippen molar-refractivity contribution in [3.63, 3.8) is 0 Å². The molecule has 0 saturated heterocycles. The van der Waals surface area contributed by atoms with Gasteiger partial charge in [-0.05, 0) is 31.5 Å². The average Bonchev–Trinajstić information content (AvgIpc) is 2.37. The maximum absolute atomic E-state index is 13.0. The van der Waals surface area contributed by atoms with Crippen molar-refractivity contribution in [2.75, 3.05) is 11.4 Å². The molecule has 0 aliphatic rings. The fourth-order valence-corrected chi connectivity index (χ4v) is 2.47. The summed E-state index contributed by atoms with van der Waals surface area (Å²) in [4.78, 5) is 1.80. The van der Waals surface area contributed by atoms with E-state index in [2.05, 4.69) is 15.9 Å². The van der Waals surface area contributed by atoms with Crippen LogP contribution in [0.4, 0.5) is 18.9 Å². The molecule has 1 aromatic carbocycles. The zero-order valence-electron chi connectivity index (χ0n) is 11.3. The van der Waals surface area contributed by atoms with E-state index in [1.54, 1.807) is 11.0 Å². The Bertz CT molecular complexity index is 492. The lowest BCUT2D eigenvalue weighted by molar-refractivity contribution is -0.138. The van der Waals surface area contributed by atoms with Gasteiger partial charge >= 0.3 is 6.18 Å². The Balaban J connectivity index is 3.21. The molecule has 0 spiro atoms. The van der Waals surface area contributed by atoms with Gasteiger partial charge in [0.25, 0.3) is 0 Å². The van der Waals surface area contributed by atoms with Gasteiger partial charge in [-0.25, -0.2) is 0 Å². The molecular formula is C14H16BrF3N2. The summed E-state index contributed by atoms with van der Waals surface area (Å²) in [6, 6.07) is 6.36. The molecule has 0 unspecified atom stereocenters. The molecule has 2 nitrogen and oxygen atoms in total. The van der Waals surface area contributed by atoms with E-state index in [-0.39, 0.29) is 23.4 Å². The standard InChI is InChI=1S/C14H16BrF3N2/c1-10(2)20(7-3-6-19)12-5-4-11(9-15)13(8-12)14(16,17)18/h4-5,8,10H,3,7,9H2,1-2H3. The van der Waals surface area contributed by atoms with Gasteiger partial charge in [0, 0.05) is 23.6 Å². The quantitative estimate of drug-likeness (QED) is 0.719. The molecule has 0 aliphatic heterocycles. The van der Waals surface area contributed by atoms with E-state index in [0.717, 1.165) is 6.07 Å². The number of benzene rings is 1. The van der Waals surface area contributed by atoms with Gasteiger partial charge in [0.1, 0.15) is 0 Å². The van der Waals surface area contributed by atoms with Crippen LogP contribution in [0.2, 0.25) is 0 Å². The normalized spacial score (nSPS) is 11.5. The fourth-order valence-electron chi connectivity index (χ4n) is 1.98. The van der Waals surface area contributed by atoms with Crippen LogP contribution in [0.25, 0.3) is 0 Å². The number of nitriles is 1. The first-order valence-electron chi connectivity index (χ1n) is 6.21. The molecule has 0 atom stereocenters. The first-order valence-corrected chi connectivity index (χ1v) is 7.33. The van der Waals surface area contributed by atoms with E-state index in [0.29, 0.717) is 12.2 Å². The largest absolute Gasteiger partial charge is 0.416 e. The van der Waals surface area contributed by atoms with Crippen molar-refractivity contribution in [1.29, 1.82) is 5.26 Å². The third kappa shape index (κ3) is 4.14. The fraction of sp³-hybridized carbons (Fsp3) is 0.500. The molecule has 0 N–H and O–H groups in total. The topological polar surface area (TPSA) is 27.0 Å². The van der Waals surface area contributed by atoms with Crippen LogP contribution in [0.5, 0.6) is 0 Å². The van der Waals surface area contributed by atoms with Gasteiger partial charge in [-0.1, -0.05) is 22.0 Å². The van der Waals surface area contributed by atoms with Gasteiger partial charge in [0.2, 0.25) is 0 Å². The van der Waals surface area contributed by atoms with Crippen molar-refractivity contribution in [3.05, 3.63) is 29.3 Å². The molecule has 20 heavy (non-hydrogen) atoms. The van der Waals surface area contributed by atoms with Crippen molar-refractivity contribution < 1.29 is 13.2 Å². The Kier molecular flexibility index (Phi) is 5.88. The number of hydrogen-bond donors (Lipinski definition) is 0. The van der Waals surface area contributed by atoms with Gasteiger partial charge in [0.05, 0.1) is 18.1 Å². The summed E-state index contributed by atoms with van der Waals surface area (Å²) in [6.07, 6.45) is -4.10. The van der Waals surface area contributed by atoms with Crippen LogP contribution in [-0.4, -0.2) is 12.6 Å². The molecule has 6 heteroatoms. The number of halogens is 4. The smallest absolute Gasteiger partial charge is 0.368 e. The molecule has 0 bridgehead atoms. The van der Waals surface area contributed by atoms with Crippen molar-refractivity contribution in [3.8, 4) is 6.07 Å². The summed E-state index contributed by atoms with van der Waals surface area (Å²) >= 11 is 3.08. The lowest BCUT2D eigenvalue weighted by Crippen LogP contribution is -2.31. The highest BCUT2D eigenvalue weighted by Gasteiger charge is 2.33. The molecule has 110 valence electrons. The first kappa shape index (κ1) is 16.8. The highest BCUT2D eigenvalue weighted by Crippen LogP contribution is 2.35. The van der Waals surface area contributed by atoms with Crippen molar-refractivity contribution >= 4 is 21.6 Å². The van der Waals surface area contributed by atoms with Gasteiger partial charge in [-0.15, -0.1) is 0 Å². The van der Waals surface area contributed by atoms with E-state index in [1.807, 2.05) is 19.9 Å². The van der Waals surface area contributed by atoms with Crippen molar-refractivity contribution in [1.82, 2.24) is 0 Å². The summed E-state index contributed by atoms with van der Waals surface area (Å²) in [5.74, 6) is 0. The monoisotopic (exact) mass is 348 g/mol. The predicted molar refractivity (Wildman–Crippen MR) is 76.8 cm³/mol. The van der Waals surface area contributed by atoms with E-state index in [9.17, 15) is 13.2 Å². The van der Waals surface area contributed by atoms with E-state index >= 15 is 0 Å². The molecule has 0 saturated carbocycles. The van der Waals surface area contributed by atoms with Gasteiger partial charge < -0.3 is 4.90 Å². The first-order chi connectivity index (χ1) is 9.31. The van der Waals surface area contributed by atoms with Crippen molar-refractivity contribution in [2.45, 2.75) is 37.8 Å². The number of anilines is 1. The Morgan fingerprint density at radius 3 is 2.45 bits per heavy atom. The molecule has 1 rings (SSSR count). The Labute approximate surface area is 125 Å². The third-order valence-corrected chi connectivity index (χ3v) is 3.57. The zero-order chi connectivity index (χ0) is 15.3. The molecule has 0 aliphatic carbocycles. The minimum atomic E-state index is -4.38. The van der Waals surface area contributed by atoms with Crippen LogP contribution in [0.15, 0.2) is 18.2 Å². The van der Waals surface area contributed by atoms with Gasteiger partial charge in [-0.3, -0.25) is 0 Å². The number of hydrogen-bond acceptors (Lipinski definition) is 2. The average molecular weight is 349 g/mol. The van der Waals surface area contributed by atoms with Gasteiger partial charge in [0.15, 0.2) is 0 Å². The summed E-state index contributed by atoms with van der Waals surface area (Å²) in [7, 11) is 0. The molecular weight excluding hydrogens is 333 g/mol. The minimum Gasteiger partial charge on any atom is -0.368 e. The van der Waals surface area contributed by atoms with Crippen LogP contribution in [0, 0.1) is 11.3 Å². The highest BCUT2D eigenvalue weighted by molar-refractivity contribution is 9.08. The van der Waals surface area contributed by atoms with E-state index in [1.165, 1.54) is 6.07 Å². The Morgan fingerprint density at radius 2 is 2.00 bits per heavy atom. The van der Waals surface area contributed by atoms with Crippen LogP contribution >= 0.6 is 15.9 Å². The number of alkyl halides is 4. The maximum atomic E-state index is 13.0. The summed E-state index contributed by atoms with van der Waals surface area (Å²) in [5, 5.41) is 8.80. The second kappa shape index (κ2) is 6.98. The third-order valence-electron chi connectivity index (χ3n) is 2.96. The molecule has 0 heterocycles. The number of rotatable bonds is 5. The summed E-state index contributed by atoms with van der Waals surface area (Å²) < 4.78 is 39.1.